The van der Waals surface area contributed by atoms with Crippen molar-refractivity contribution in [1.29, 1.82) is 0 Å². The highest BCUT2D eigenvalue weighted by molar-refractivity contribution is 5.85. The topological polar surface area (TPSA) is 47.0 Å². The monoisotopic (exact) mass is 233 g/mol. The number of nitrogens with zero attached hydrogens (tertiary/aromatic N) is 2. The van der Waals surface area contributed by atoms with Gasteiger partial charge in [-0.05, 0) is 19.4 Å². The molecular formula is C9H13ClFN3O. The van der Waals surface area contributed by atoms with Crippen LogP contribution in [0.5, 0.6) is 6.01 Å². The molecule has 0 aromatic carbocycles. The third-order valence-corrected chi connectivity index (χ3v) is 2.12. The second kappa shape index (κ2) is 5.82. The molecule has 15 heavy (non-hydrogen) atoms. The number of rotatable bonds is 2. The smallest absolute Gasteiger partial charge is 0.316 e. The van der Waals surface area contributed by atoms with Crippen LogP contribution in [0.15, 0.2) is 12.4 Å². The second-order valence-electron chi connectivity index (χ2n) is 3.27. The summed E-state index contributed by atoms with van der Waals surface area (Å²) in [5.41, 5.74) is 0. The maximum Gasteiger partial charge on any atom is 0.316 e. The van der Waals surface area contributed by atoms with E-state index in [2.05, 4.69) is 15.3 Å². The minimum atomic E-state index is -0.445. The fourth-order valence-corrected chi connectivity index (χ4v) is 1.43. The van der Waals surface area contributed by atoms with E-state index in [0.29, 0.717) is 0 Å². The Morgan fingerprint density at radius 2 is 2.13 bits per heavy atom. The van der Waals surface area contributed by atoms with Crippen LogP contribution in [-0.2, 0) is 0 Å². The van der Waals surface area contributed by atoms with Crippen molar-refractivity contribution < 1.29 is 9.13 Å². The summed E-state index contributed by atoms with van der Waals surface area (Å²) in [4.78, 5) is 7.47. The largest absolute Gasteiger partial charge is 0.459 e. The van der Waals surface area contributed by atoms with Crippen LogP contribution in [0.25, 0.3) is 0 Å². The van der Waals surface area contributed by atoms with E-state index < -0.39 is 5.82 Å². The van der Waals surface area contributed by atoms with E-state index >= 15 is 0 Å². The Hall–Kier alpha value is -0.940. The Labute approximate surface area is 93.7 Å². The predicted molar refractivity (Wildman–Crippen MR) is 55.8 cm³/mol. The molecule has 0 amide bonds. The van der Waals surface area contributed by atoms with Gasteiger partial charge < -0.3 is 10.1 Å². The molecule has 2 heterocycles. The Balaban J connectivity index is 0.00000112. The molecule has 1 aliphatic rings. The molecule has 1 aromatic rings. The molecule has 1 aliphatic heterocycles. The summed E-state index contributed by atoms with van der Waals surface area (Å²) in [5.74, 6) is -0.445. The van der Waals surface area contributed by atoms with Crippen molar-refractivity contribution in [2.24, 2.45) is 0 Å². The van der Waals surface area contributed by atoms with Gasteiger partial charge in [0.1, 0.15) is 6.10 Å². The van der Waals surface area contributed by atoms with E-state index in [9.17, 15) is 4.39 Å². The molecule has 0 spiro atoms. The zero-order valence-corrected chi connectivity index (χ0v) is 8.97. The lowest BCUT2D eigenvalue weighted by Crippen LogP contribution is -2.37. The lowest BCUT2D eigenvalue weighted by molar-refractivity contribution is 0.153. The quantitative estimate of drug-likeness (QED) is 0.833. The fourth-order valence-electron chi connectivity index (χ4n) is 1.43. The van der Waals surface area contributed by atoms with Crippen LogP contribution in [0.4, 0.5) is 4.39 Å². The van der Waals surface area contributed by atoms with Crippen LogP contribution in [0.2, 0.25) is 0 Å². The molecule has 0 bridgehead atoms. The van der Waals surface area contributed by atoms with E-state index in [0.717, 1.165) is 38.3 Å². The van der Waals surface area contributed by atoms with Crippen LogP contribution in [0.1, 0.15) is 12.8 Å². The van der Waals surface area contributed by atoms with Crippen LogP contribution in [0.3, 0.4) is 0 Å². The van der Waals surface area contributed by atoms with Gasteiger partial charge in [-0.1, -0.05) is 0 Å². The molecule has 0 radical (unpaired) electrons. The van der Waals surface area contributed by atoms with E-state index in [1.165, 1.54) is 0 Å². The van der Waals surface area contributed by atoms with Gasteiger partial charge in [-0.15, -0.1) is 12.4 Å². The zero-order chi connectivity index (χ0) is 9.80. The maximum atomic E-state index is 12.5. The number of hydrogen-bond acceptors (Lipinski definition) is 4. The first-order chi connectivity index (χ1) is 6.84. The molecule has 0 unspecified atom stereocenters. The summed E-state index contributed by atoms with van der Waals surface area (Å²) in [6.45, 7) is 1.84. The second-order valence-corrected chi connectivity index (χ2v) is 3.27. The van der Waals surface area contributed by atoms with Crippen LogP contribution >= 0.6 is 12.4 Å². The number of ether oxygens (including phenoxy) is 1. The van der Waals surface area contributed by atoms with Crippen LogP contribution < -0.4 is 10.1 Å². The number of hydrogen-bond donors (Lipinski definition) is 1. The molecule has 1 N–H and O–H groups in total. The molecule has 1 atom stereocenters. The molecule has 1 fully saturated rings. The van der Waals surface area contributed by atoms with Crippen LogP contribution in [-0.4, -0.2) is 29.2 Å². The SMILES string of the molecule is Cl.Fc1cnc(O[C@@H]2CCCNC2)nc1. The van der Waals surface area contributed by atoms with Crippen molar-refractivity contribution in [3.05, 3.63) is 18.2 Å². The summed E-state index contributed by atoms with van der Waals surface area (Å²) in [7, 11) is 0. The average molecular weight is 234 g/mol. The Kier molecular flexibility index (Phi) is 4.71. The first-order valence-corrected chi connectivity index (χ1v) is 4.69. The van der Waals surface area contributed by atoms with Gasteiger partial charge in [-0.2, -0.15) is 0 Å². The normalized spacial score (nSPS) is 20.5. The van der Waals surface area contributed by atoms with E-state index in [1.807, 2.05) is 0 Å². The summed E-state index contributed by atoms with van der Waals surface area (Å²) in [6.07, 6.45) is 4.41. The van der Waals surface area contributed by atoms with E-state index in [-0.39, 0.29) is 24.5 Å². The van der Waals surface area contributed by atoms with Crippen molar-refractivity contribution in [3.8, 4) is 6.01 Å². The van der Waals surface area contributed by atoms with Crippen molar-refractivity contribution in [3.63, 3.8) is 0 Å². The molecule has 0 saturated carbocycles. The number of nitrogens with one attached hydrogen (secondary N) is 1. The van der Waals surface area contributed by atoms with E-state index in [1.54, 1.807) is 0 Å². The molecule has 84 valence electrons. The Morgan fingerprint density at radius 1 is 1.40 bits per heavy atom. The van der Waals surface area contributed by atoms with Gasteiger partial charge in [0, 0.05) is 6.54 Å². The molecular weight excluding hydrogens is 221 g/mol. The first-order valence-electron chi connectivity index (χ1n) is 4.69. The Bertz CT molecular complexity index is 290. The lowest BCUT2D eigenvalue weighted by Gasteiger charge is -2.22. The fraction of sp³-hybridized carbons (Fsp3) is 0.556. The van der Waals surface area contributed by atoms with Gasteiger partial charge in [0.05, 0.1) is 12.4 Å². The first kappa shape index (κ1) is 12.1. The lowest BCUT2D eigenvalue weighted by atomic mass is 10.1. The van der Waals surface area contributed by atoms with Gasteiger partial charge in [0.15, 0.2) is 5.82 Å². The summed E-state index contributed by atoms with van der Waals surface area (Å²) < 4.78 is 17.9. The zero-order valence-electron chi connectivity index (χ0n) is 8.15. The summed E-state index contributed by atoms with van der Waals surface area (Å²) in [6, 6.07) is 0.250. The molecule has 6 heteroatoms. The molecule has 0 aliphatic carbocycles. The van der Waals surface area contributed by atoms with E-state index in [4.69, 9.17) is 4.74 Å². The predicted octanol–water partition coefficient (Wildman–Crippen LogP) is 1.17. The van der Waals surface area contributed by atoms with Gasteiger partial charge in [-0.25, -0.2) is 14.4 Å². The maximum absolute atomic E-state index is 12.5. The highest BCUT2D eigenvalue weighted by Crippen LogP contribution is 2.09. The molecule has 2 rings (SSSR count). The molecule has 1 saturated heterocycles. The standard InChI is InChI=1S/C9H12FN3O.ClH/c10-7-4-12-9(13-5-7)14-8-2-1-3-11-6-8;/h4-5,8,11H,1-3,6H2;1H/t8-;/m1./s1. The highest BCUT2D eigenvalue weighted by Gasteiger charge is 2.15. The average Bonchev–Trinajstić information content (AvgIpc) is 2.23. The van der Waals surface area contributed by atoms with Crippen molar-refractivity contribution in [2.75, 3.05) is 13.1 Å². The minimum absolute atomic E-state index is 0. The minimum Gasteiger partial charge on any atom is -0.459 e. The van der Waals surface area contributed by atoms with Crippen molar-refractivity contribution in [1.82, 2.24) is 15.3 Å². The number of halogens is 2. The molecule has 1 aromatic heterocycles. The third kappa shape index (κ3) is 3.60. The van der Waals surface area contributed by atoms with Crippen molar-refractivity contribution in [2.45, 2.75) is 18.9 Å². The summed E-state index contributed by atoms with van der Waals surface area (Å²) >= 11 is 0. The highest BCUT2D eigenvalue weighted by atomic mass is 35.5. The number of aromatic nitrogens is 2. The number of piperidine rings is 1. The van der Waals surface area contributed by atoms with Crippen LogP contribution in [0, 0.1) is 5.82 Å². The van der Waals surface area contributed by atoms with Crippen molar-refractivity contribution >= 4 is 12.4 Å². The molecule has 4 nitrogen and oxygen atoms in total. The third-order valence-electron chi connectivity index (χ3n) is 2.12. The Morgan fingerprint density at radius 3 is 2.73 bits per heavy atom. The van der Waals surface area contributed by atoms with Gasteiger partial charge in [0.25, 0.3) is 0 Å². The van der Waals surface area contributed by atoms with Gasteiger partial charge in [0.2, 0.25) is 0 Å². The summed E-state index contributed by atoms with van der Waals surface area (Å²) in [5, 5.41) is 3.21. The van der Waals surface area contributed by atoms with Gasteiger partial charge >= 0.3 is 6.01 Å². The van der Waals surface area contributed by atoms with Gasteiger partial charge in [-0.3, -0.25) is 0 Å².